The van der Waals surface area contributed by atoms with Crippen LogP contribution in [0.5, 0.6) is 0 Å². The zero-order valence-corrected chi connectivity index (χ0v) is 49.0. The number of hydrogen-bond acceptors (Lipinski definition) is 0. The minimum Gasteiger partial charge on any atom is -0.309 e. The predicted octanol–water partition coefficient (Wildman–Crippen LogP) is 22.4. The highest BCUT2D eigenvalue weighted by atomic mass is 15.0. The molecule has 0 unspecified atom stereocenters. The van der Waals surface area contributed by atoms with E-state index in [0.29, 0.717) is 0 Å². The van der Waals surface area contributed by atoms with Crippen molar-refractivity contribution in [2.45, 2.75) is 33.1 Å². The SMILES string of the molecule is Cc1cc(C)cc(-n2c3ccccc3c3cc(-c4ccc5cc(-c6ccc7c(c6)C6(c8ccccc8-c8ccccc86)c6cc(-c8ccc9cc(-c%10ccc%11c(c%10)c%10ccccc%10n%11-c%10cc(C)cc(C)c%10)ccc9c8)ccc6-7)ccc5c4)ccc32)c1. The molecule has 14 aromatic carbocycles. The third kappa shape index (κ3) is 7.41. The van der Waals surface area contributed by atoms with E-state index in [1.165, 1.54) is 188 Å². The van der Waals surface area contributed by atoms with Gasteiger partial charge in [0.2, 0.25) is 0 Å². The van der Waals surface area contributed by atoms with Gasteiger partial charge in [-0.15, -0.1) is 0 Å². The summed E-state index contributed by atoms with van der Waals surface area (Å²) >= 11 is 0. The molecule has 2 aliphatic rings. The second-order valence-corrected chi connectivity index (χ2v) is 24.8. The first kappa shape index (κ1) is 49.6. The number of rotatable bonds is 6. The van der Waals surface area contributed by atoms with E-state index in [4.69, 9.17) is 0 Å². The fourth-order valence-corrected chi connectivity index (χ4v) is 15.7. The summed E-state index contributed by atoms with van der Waals surface area (Å²) in [7, 11) is 0. The summed E-state index contributed by atoms with van der Waals surface area (Å²) in [4.78, 5) is 0. The molecular weight excluding hydrogens is 1050 g/mol. The molecule has 2 heteroatoms. The Hall–Kier alpha value is -10.8. The van der Waals surface area contributed by atoms with Gasteiger partial charge in [-0.1, -0.05) is 182 Å². The van der Waals surface area contributed by atoms with E-state index < -0.39 is 5.41 Å². The molecule has 0 N–H and O–H groups in total. The Morgan fingerprint density at radius 3 is 0.920 bits per heavy atom. The molecule has 0 fully saturated rings. The first-order valence-corrected chi connectivity index (χ1v) is 30.5. The minimum absolute atomic E-state index is 0.500. The molecule has 18 rings (SSSR count). The van der Waals surface area contributed by atoms with Crippen LogP contribution >= 0.6 is 0 Å². The number of para-hydroxylation sites is 2. The van der Waals surface area contributed by atoms with Crippen LogP contribution in [-0.4, -0.2) is 9.13 Å². The lowest BCUT2D eigenvalue weighted by atomic mass is 9.70. The number of aryl methyl sites for hydroxylation is 4. The summed E-state index contributed by atoms with van der Waals surface area (Å²) < 4.78 is 4.85. The molecule has 2 aromatic heterocycles. The quantitative estimate of drug-likeness (QED) is 0.157. The van der Waals surface area contributed by atoms with Gasteiger partial charge in [-0.25, -0.2) is 0 Å². The van der Waals surface area contributed by atoms with Gasteiger partial charge in [0.05, 0.1) is 27.5 Å². The standard InChI is InChI=1S/C85H58N2/c1-51-37-52(2)40-67(39-51)86-81-19-11-7-15-73(81)75-47-63(31-35-83(75)86)59-25-21-57-45-61(27-23-55(57)43-59)65-29-33-71-72-34-30-66(50-80(72)85(79(71)49-65)77-17-9-5-13-69(77)70-14-6-10-18-78(70)85)62-28-24-56-44-60(26-22-58(56)46-62)64-32-36-84-76(48-64)74-16-8-12-20-82(74)87(84)68-41-53(3)38-54(4)42-68/h5-50H,1-4H3. The number of aromatic nitrogens is 2. The Bertz CT molecular complexity index is 5250. The highest BCUT2D eigenvalue weighted by molar-refractivity contribution is 6.12. The molecule has 0 saturated heterocycles. The molecule has 0 atom stereocenters. The second-order valence-electron chi connectivity index (χ2n) is 24.8. The Balaban J connectivity index is 0.703. The normalized spacial score (nSPS) is 12.9. The van der Waals surface area contributed by atoms with Crippen molar-refractivity contribution in [3.63, 3.8) is 0 Å². The van der Waals surface area contributed by atoms with Gasteiger partial charge >= 0.3 is 0 Å². The van der Waals surface area contributed by atoms with Gasteiger partial charge in [0, 0.05) is 32.9 Å². The molecular formula is C85H58N2. The Kier molecular flexibility index (Phi) is 10.6. The molecule has 87 heavy (non-hydrogen) atoms. The van der Waals surface area contributed by atoms with Gasteiger partial charge in [0.1, 0.15) is 0 Å². The van der Waals surface area contributed by atoms with Crippen molar-refractivity contribution < 1.29 is 0 Å². The maximum atomic E-state index is 2.52. The van der Waals surface area contributed by atoms with Gasteiger partial charge in [-0.2, -0.15) is 0 Å². The van der Waals surface area contributed by atoms with Crippen LogP contribution in [0.3, 0.4) is 0 Å². The van der Waals surface area contributed by atoms with E-state index >= 15 is 0 Å². The summed E-state index contributed by atoms with van der Waals surface area (Å²) in [5.74, 6) is 0. The first-order chi connectivity index (χ1) is 42.7. The Labute approximate surface area is 506 Å². The highest BCUT2D eigenvalue weighted by Crippen LogP contribution is 2.63. The van der Waals surface area contributed by atoms with Gasteiger partial charge in [0.25, 0.3) is 0 Å². The van der Waals surface area contributed by atoms with E-state index in [2.05, 4.69) is 316 Å². The van der Waals surface area contributed by atoms with Crippen LogP contribution in [0.15, 0.2) is 279 Å². The predicted molar refractivity (Wildman–Crippen MR) is 367 cm³/mol. The van der Waals surface area contributed by atoms with Crippen molar-refractivity contribution in [2.24, 2.45) is 0 Å². The van der Waals surface area contributed by atoms with E-state index in [1.807, 2.05) is 0 Å². The average molecular weight is 1110 g/mol. The molecule has 2 heterocycles. The number of hydrogen-bond donors (Lipinski definition) is 0. The topological polar surface area (TPSA) is 9.86 Å². The van der Waals surface area contributed by atoms with E-state index in [9.17, 15) is 0 Å². The fraction of sp³-hybridized carbons (Fsp3) is 0.0588. The van der Waals surface area contributed by atoms with Crippen molar-refractivity contribution in [3.8, 4) is 78.1 Å². The molecule has 0 radical (unpaired) electrons. The number of benzene rings is 14. The van der Waals surface area contributed by atoms with E-state index in [-0.39, 0.29) is 0 Å². The van der Waals surface area contributed by atoms with Gasteiger partial charge < -0.3 is 9.13 Å². The molecule has 0 amide bonds. The molecule has 2 aliphatic carbocycles. The number of nitrogens with zero attached hydrogens (tertiary/aromatic N) is 2. The van der Waals surface area contributed by atoms with Gasteiger partial charge in [0.15, 0.2) is 0 Å². The summed E-state index contributed by atoms with van der Waals surface area (Å²) in [5.41, 5.74) is 32.2. The summed E-state index contributed by atoms with van der Waals surface area (Å²) in [6, 6.07) is 106. The summed E-state index contributed by atoms with van der Waals surface area (Å²) in [6.07, 6.45) is 0. The Morgan fingerprint density at radius 1 is 0.218 bits per heavy atom. The lowest BCUT2D eigenvalue weighted by molar-refractivity contribution is 0.794. The molecule has 2 nitrogen and oxygen atoms in total. The van der Waals surface area contributed by atoms with E-state index in [0.717, 1.165) is 0 Å². The summed E-state index contributed by atoms with van der Waals surface area (Å²) in [6.45, 7) is 8.74. The van der Waals surface area contributed by atoms with Crippen molar-refractivity contribution in [2.75, 3.05) is 0 Å². The highest BCUT2D eigenvalue weighted by Gasteiger charge is 2.51. The van der Waals surface area contributed by atoms with Crippen LogP contribution in [0.4, 0.5) is 0 Å². The minimum atomic E-state index is -0.500. The van der Waals surface area contributed by atoms with Crippen molar-refractivity contribution >= 4 is 65.2 Å². The summed E-state index contributed by atoms with van der Waals surface area (Å²) in [5, 5.41) is 9.97. The monoisotopic (exact) mass is 1110 g/mol. The van der Waals surface area contributed by atoms with Crippen LogP contribution in [0.1, 0.15) is 44.5 Å². The first-order valence-electron chi connectivity index (χ1n) is 30.5. The largest absolute Gasteiger partial charge is 0.309 e. The molecule has 0 saturated carbocycles. The zero-order chi connectivity index (χ0) is 57.8. The van der Waals surface area contributed by atoms with Crippen molar-refractivity contribution in [3.05, 3.63) is 324 Å². The zero-order valence-electron chi connectivity index (χ0n) is 49.0. The van der Waals surface area contributed by atoms with Crippen LogP contribution in [0.25, 0.3) is 143 Å². The third-order valence-corrected chi connectivity index (χ3v) is 19.4. The maximum Gasteiger partial charge on any atom is 0.0725 e. The molecule has 0 aliphatic heterocycles. The second kappa shape index (κ2) is 18.6. The van der Waals surface area contributed by atoms with Gasteiger partial charge in [-0.3, -0.25) is 0 Å². The maximum absolute atomic E-state index is 2.52. The van der Waals surface area contributed by atoms with Crippen LogP contribution in [0.2, 0.25) is 0 Å². The van der Waals surface area contributed by atoms with Crippen molar-refractivity contribution in [1.29, 1.82) is 0 Å². The molecule has 16 aromatic rings. The van der Waals surface area contributed by atoms with Crippen molar-refractivity contribution in [1.82, 2.24) is 9.13 Å². The molecule has 408 valence electrons. The van der Waals surface area contributed by atoms with Crippen LogP contribution in [-0.2, 0) is 5.41 Å². The average Bonchev–Trinajstić information content (AvgIpc) is 1.58. The molecule has 0 bridgehead atoms. The lowest BCUT2D eigenvalue weighted by Crippen LogP contribution is -2.26. The Morgan fingerprint density at radius 2 is 0.517 bits per heavy atom. The van der Waals surface area contributed by atoms with Crippen LogP contribution < -0.4 is 0 Å². The smallest absolute Gasteiger partial charge is 0.0725 e. The van der Waals surface area contributed by atoms with Crippen LogP contribution in [0, 0.1) is 27.7 Å². The number of fused-ring (bicyclic) bond motifs is 18. The molecule has 1 spiro atoms. The fourth-order valence-electron chi connectivity index (χ4n) is 15.7. The van der Waals surface area contributed by atoms with Gasteiger partial charge in [-0.05, 0) is 258 Å². The third-order valence-electron chi connectivity index (χ3n) is 19.4. The lowest BCUT2D eigenvalue weighted by Gasteiger charge is -2.31. The van der Waals surface area contributed by atoms with E-state index in [1.54, 1.807) is 0 Å².